The lowest BCUT2D eigenvalue weighted by atomic mass is 9.77. The smallest absolute Gasteiger partial charge is 0.410 e. The molecule has 2 saturated heterocycles. The number of aromatic nitrogens is 2. The van der Waals surface area contributed by atoms with Gasteiger partial charge in [0.2, 0.25) is 5.88 Å². The minimum absolute atomic E-state index is 0.0361. The Morgan fingerprint density at radius 3 is 2.54 bits per heavy atom. The lowest BCUT2D eigenvalue weighted by molar-refractivity contribution is -0.181. The van der Waals surface area contributed by atoms with Crippen LogP contribution in [0.15, 0.2) is 24.5 Å². The number of benzene rings is 1. The van der Waals surface area contributed by atoms with E-state index < -0.39 is 0 Å². The molecule has 2 bridgehead atoms. The van der Waals surface area contributed by atoms with Crippen LogP contribution < -0.4 is 10.1 Å². The van der Waals surface area contributed by atoms with Gasteiger partial charge in [-0.05, 0) is 46.8 Å². The first-order valence-electron chi connectivity index (χ1n) is 11.7. The summed E-state index contributed by atoms with van der Waals surface area (Å²) in [5, 5.41) is 3.64. The Bertz CT molecular complexity index is 1120. The summed E-state index contributed by atoms with van der Waals surface area (Å²) in [5.41, 5.74) is 1.83. The number of hydrogen-bond acceptors (Lipinski definition) is 7. The van der Waals surface area contributed by atoms with Crippen molar-refractivity contribution in [3.8, 4) is 5.88 Å². The molecule has 2 aliphatic heterocycles. The van der Waals surface area contributed by atoms with Crippen LogP contribution in [0.5, 0.6) is 5.88 Å². The number of nitrogens with one attached hydrogen (secondary N) is 1. The topological polar surface area (TPSA) is 90.2 Å². The van der Waals surface area contributed by atoms with Gasteiger partial charge in [-0.1, -0.05) is 17.7 Å². The molecular formula is C25H30ClN5O4. The molecule has 0 saturated carbocycles. The van der Waals surface area contributed by atoms with Gasteiger partial charge in [-0.25, -0.2) is 19.6 Å². The highest BCUT2D eigenvalue weighted by Gasteiger charge is 2.50. The number of carbonyl (C=O) groups excluding carboxylic acids is 1. The van der Waals surface area contributed by atoms with Crippen LogP contribution in [-0.2, 0) is 9.47 Å². The van der Waals surface area contributed by atoms with Gasteiger partial charge in [0.1, 0.15) is 18.2 Å². The molecule has 1 N–H and O–H groups in total. The van der Waals surface area contributed by atoms with E-state index in [9.17, 15) is 4.79 Å². The number of anilines is 2. The number of likely N-dealkylation sites (tertiary alicyclic amines) is 1. The molecule has 4 unspecified atom stereocenters. The third-order valence-corrected chi connectivity index (χ3v) is 6.87. The van der Waals surface area contributed by atoms with E-state index in [1.807, 2.05) is 34.6 Å². The molecule has 0 aliphatic carbocycles. The molecule has 186 valence electrons. The lowest BCUT2D eigenvalue weighted by Crippen LogP contribution is -2.63. The maximum Gasteiger partial charge on any atom is 0.410 e. The van der Waals surface area contributed by atoms with E-state index in [0.717, 1.165) is 5.56 Å². The van der Waals surface area contributed by atoms with Gasteiger partial charge < -0.3 is 24.4 Å². The van der Waals surface area contributed by atoms with Crippen LogP contribution in [0.1, 0.15) is 33.3 Å². The number of hydrogen-bond donors (Lipinski definition) is 1. The molecule has 4 atom stereocenters. The summed E-state index contributed by atoms with van der Waals surface area (Å²) < 4.78 is 18.1. The fourth-order valence-corrected chi connectivity index (χ4v) is 4.91. The Labute approximate surface area is 210 Å². The molecule has 2 aromatic rings. The molecule has 10 heteroatoms. The summed E-state index contributed by atoms with van der Waals surface area (Å²) in [4.78, 5) is 26.5. The normalized spacial score (nSPS) is 25.7. The lowest BCUT2D eigenvalue weighted by Gasteiger charge is -2.51. The second-order valence-electron chi connectivity index (χ2n) is 9.35. The molecule has 1 aromatic carbocycles. The highest BCUT2D eigenvalue weighted by Crippen LogP contribution is 2.39. The zero-order chi connectivity index (χ0) is 25.3. The Balaban J connectivity index is 1.56. The number of nitrogens with zero attached hydrogens (tertiary/aromatic N) is 4. The molecule has 2 aliphatic rings. The van der Waals surface area contributed by atoms with Crippen molar-refractivity contribution in [3.63, 3.8) is 0 Å². The van der Waals surface area contributed by atoms with Crippen molar-refractivity contribution < 1.29 is 19.0 Å². The van der Waals surface area contributed by atoms with Crippen molar-refractivity contribution in [2.75, 3.05) is 18.4 Å². The van der Waals surface area contributed by atoms with E-state index in [1.54, 1.807) is 23.1 Å². The maximum absolute atomic E-state index is 12.6. The van der Waals surface area contributed by atoms with E-state index in [0.29, 0.717) is 41.2 Å². The molecule has 4 rings (SSSR count). The summed E-state index contributed by atoms with van der Waals surface area (Å²) in [6.07, 6.45) is 0.588. The zero-order valence-corrected chi connectivity index (χ0v) is 21.2. The van der Waals surface area contributed by atoms with E-state index in [2.05, 4.69) is 20.1 Å². The summed E-state index contributed by atoms with van der Waals surface area (Å²) in [7, 11) is 0. The number of piperidine rings is 1. The number of ether oxygens (including phenoxy) is 3. The third-order valence-electron chi connectivity index (χ3n) is 6.56. The van der Waals surface area contributed by atoms with Crippen molar-refractivity contribution in [2.24, 2.45) is 11.8 Å². The molecule has 1 amide bonds. The minimum Gasteiger partial charge on any atom is -0.473 e. The van der Waals surface area contributed by atoms with Gasteiger partial charge in [-0.15, -0.1) is 0 Å². The van der Waals surface area contributed by atoms with Crippen molar-refractivity contribution in [2.45, 2.75) is 59.0 Å². The number of rotatable bonds is 5. The fourth-order valence-electron chi connectivity index (χ4n) is 4.69. The second-order valence-corrected chi connectivity index (χ2v) is 9.75. The highest BCUT2D eigenvalue weighted by atomic mass is 35.5. The molecule has 2 fully saturated rings. The van der Waals surface area contributed by atoms with Crippen molar-refractivity contribution in [1.82, 2.24) is 14.9 Å². The summed E-state index contributed by atoms with van der Waals surface area (Å²) in [6.45, 7) is 17.7. The van der Waals surface area contributed by atoms with Crippen LogP contribution >= 0.6 is 11.6 Å². The Kier molecular flexibility index (Phi) is 7.33. The molecule has 35 heavy (non-hydrogen) atoms. The predicted molar refractivity (Wildman–Crippen MR) is 132 cm³/mol. The molecule has 9 nitrogen and oxygen atoms in total. The van der Waals surface area contributed by atoms with Crippen molar-refractivity contribution in [1.29, 1.82) is 0 Å². The monoisotopic (exact) mass is 499 g/mol. The van der Waals surface area contributed by atoms with Gasteiger partial charge in [-0.2, -0.15) is 0 Å². The average Bonchev–Trinajstić information content (AvgIpc) is 2.81. The number of amides is 1. The summed E-state index contributed by atoms with van der Waals surface area (Å²) in [6, 6.07) is 5.04. The standard InChI is InChI=1S/C25H30ClN5O4/c1-13(2)33-25(32)31-10-18-15(4)34-16(5)19(11-31)22(18)35-24-14(3)23(28-12-29-24)30-21-8-7-17(27-6)9-20(21)26/h7-9,12-13,15-16,18-19,22H,10-11H2,1-5H3,(H,28,29,30). The minimum atomic E-state index is -0.305. The fraction of sp³-hybridized carbons (Fsp3) is 0.520. The van der Waals surface area contributed by atoms with E-state index in [4.69, 9.17) is 32.4 Å². The van der Waals surface area contributed by atoms with Gasteiger partial charge >= 0.3 is 6.09 Å². The van der Waals surface area contributed by atoms with Gasteiger partial charge in [0.15, 0.2) is 5.69 Å². The number of carbonyl (C=O) groups is 1. The third kappa shape index (κ3) is 5.29. The molecule has 1 aromatic heterocycles. The zero-order valence-electron chi connectivity index (χ0n) is 20.5. The van der Waals surface area contributed by atoms with Crippen LogP contribution in [0.2, 0.25) is 5.02 Å². The van der Waals surface area contributed by atoms with Crippen LogP contribution in [0.25, 0.3) is 4.85 Å². The molecular weight excluding hydrogens is 470 g/mol. The molecule has 3 heterocycles. The SMILES string of the molecule is [C-]#[N+]c1ccc(Nc2ncnc(OC3C4CN(C(=O)OC(C)C)CC3C(C)OC4C)c2C)c(Cl)c1. The van der Waals surface area contributed by atoms with Crippen LogP contribution in [-0.4, -0.2) is 58.5 Å². The molecule has 0 spiro atoms. The Morgan fingerprint density at radius 2 is 1.94 bits per heavy atom. The maximum atomic E-state index is 12.6. The molecule has 0 radical (unpaired) electrons. The largest absolute Gasteiger partial charge is 0.473 e. The van der Waals surface area contributed by atoms with E-state index >= 15 is 0 Å². The van der Waals surface area contributed by atoms with Gasteiger partial charge in [-0.3, -0.25) is 0 Å². The van der Waals surface area contributed by atoms with Crippen molar-refractivity contribution >= 4 is 34.9 Å². The summed E-state index contributed by atoms with van der Waals surface area (Å²) in [5.74, 6) is 0.959. The number of halogens is 1. The van der Waals surface area contributed by atoms with E-state index in [1.165, 1.54) is 6.33 Å². The van der Waals surface area contributed by atoms with Crippen LogP contribution in [0.3, 0.4) is 0 Å². The quantitative estimate of drug-likeness (QED) is 0.552. The van der Waals surface area contributed by atoms with Crippen LogP contribution in [0.4, 0.5) is 22.0 Å². The van der Waals surface area contributed by atoms with Gasteiger partial charge in [0.25, 0.3) is 0 Å². The number of fused-ring (bicyclic) bond motifs is 2. The van der Waals surface area contributed by atoms with Crippen LogP contribution in [0, 0.1) is 25.3 Å². The van der Waals surface area contributed by atoms with Gasteiger partial charge in [0, 0.05) is 24.9 Å². The Hall–Kier alpha value is -3.09. The average molecular weight is 500 g/mol. The highest BCUT2D eigenvalue weighted by molar-refractivity contribution is 6.33. The van der Waals surface area contributed by atoms with Crippen molar-refractivity contribution in [3.05, 3.63) is 46.5 Å². The summed E-state index contributed by atoms with van der Waals surface area (Å²) >= 11 is 6.34. The first-order chi connectivity index (χ1) is 16.7. The van der Waals surface area contributed by atoms with E-state index in [-0.39, 0.29) is 42.3 Å². The van der Waals surface area contributed by atoms with Gasteiger partial charge in [0.05, 0.1) is 41.2 Å². The Morgan fingerprint density at radius 1 is 1.26 bits per heavy atom. The second kappa shape index (κ2) is 10.3. The predicted octanol–water partition coefficient (Wildman–Crippen LogP) is 5.38. The first-order valence-corrected chi connectivity index (χ1v) is 12.1. The first kappa shape index (κ1) is 25.0.